The van der Waals surface area contributed by atoms with E-state index in [9.17, 15) is 9.90 Å². The van der Waals surface area contributed by atoms with Gasteiger partial charge < -0.3 is 9.52 Å². The summed E-state index contributed by atoms with van der Waals surface area (Å²) in [4.78, 5) is 11.7. The number of benzene rings is 1. The Morgan fingerprint density at radius 1 is 1.29 bits per heavy atom. The molecule has 0 fully saturated rings. The highest BCUT2D eigenvalue weighted by molar-refractivity contribution is 5.69. The van der Waals surface area contributed by atoms with Crippen LogP contribution in [0.2, 0.25) is 0 Å². The van der Waals surface area contributed by atoms with Crippen LogP contribution >= 0.6 is 0 Å². The normalized spacial score (nSPS) is 17.3. The van der Waals surface area contributed by atoms with Crippen LogP contribution in [0.5, 0.6) is 0 Å². The van der Waals surface area contributed by atoms with Gasteiger partial charge in [0.25, 0.3) is 0 Å². The average molecular weight is 228 g/mol. The Morgan fingerprint density at radius 3 is 3.00 bits per heavy atom. The van der Waals surface area contributed by atoms with E-state index in [4.69, 9.17) is 4.42 Å². The van der Waals surface area contributed by atoms with Gasteiger partial charge in [-0.1, -0.05) is 6.07 Å². The molecule has 0 radical (unpaired) electrons. The standard InChI is InChI=1S/C14H12O3/c15-8-10-4-1-3-9-7-11-12(16)5-2-6-13(11)17-14(9)10/h2,5-8,15H,1,3-4H2. The van der Waals surface area contributed by atoms with E-state index in [0.29, 0.717) is 11.3 Å². The fourth-order valence-corrected chi connectivity index (χ4v) is 2.33. The summed E-state index contributed by atoms with van der Waals surface area (Å²) in [6.45, 7) is 0. The van der Waals surface area contributed by atoms with Gasteiger partial charge in [0.1, 0.15) is 11.5 Å². The molecule has 0 aromatic heterocycles. The van der Waals surface area contributed by atoms with E-state index in [1.807, 2.05) is 6.07 Å². The average Bonchev–Trinajstić information content (AvgIpc) is 2.36. The summed E-state index contributed by atoms with van der Waals surface area (Å²) in [5.41, 5.74) is 2.41. The second-order valence-corrected chi connectivity index (χ2v) is 4.28. The van der Waals surface area contributed by atoms with E-state index in [1.165, 1.54) is 6.07 Å². The number of rotatable bonds is 0. The zero-order chi connectivity index (χ0) is 11.8. The maximum Gasteiger partial charge on any atom is 0.189 e. The lowest BCUT2D eigenvalue weighted by molar-refractivity contribution is 0.464. The summed E-state index contributed by atoms with van der Waals surface area (Å²) in [5.74, 6) is 1.30. The van der Waals surface area contributed by atoms with Gasteiger partial charge in [-0.2, -0.15) is 0 Å². The summed E-state index contributed by atoms with van der Waals surface area (Å²) in [7, 11) is 0. The largest absolute Gasteiger partial charge is 0.515 e. The highest BCUT2D eigenvalue weighted by atomic mass is 16.3. The molecule has 1 heterocycles. The summed E-state index contributed by atoms with van der Waals surface area (Å²) < 4.78 is 5.74. The van der Waals surface area contributed by atoms with Gasteiger partial charge in [-0.25, -0.2) is 0 Å². The van der Waals surface area contributed by atoms with E-state index < -0.39 is 0 Å². The lowest BCUT2D eigenvalue weighted by Crippen LogP contribution is -2.08. The lowest BCUT2D eigenvalue weighted by Gasteiger charge is -2.18. The quantitative estimate of drug-likeness (QED) is 0.705. The number of fused-ring (bicyclic) bond motifs is 2. The maximum absolute atomic E-state index is 11.7. The predicted octanol–water partition coefficient (Wildman–Crippen LogP) is 2.98. The topological polar surface area (TPSA) is 50.4 Å². The molecule has 0 aromatic carbocycles. The van der Waals surface area contributed by atoms with Crippen molar-refractivity contribution in [3.63, 3.8) is 0 Å². The number of hydrogen-bond donors (Lipinski definition) is 1. The molecule has 3 heteroatoms. The minimum absolute atomic E-state index is 0.0193. The zero-order valence-electron chi connectivity index (χ0n) is 9.27. The second-order valence-electron chi connectivity index (χ2n) is 4.28. The smallest absolute Gasteiger partial charge is 0.189 e. The molecule has 0 amide bonds. The fourth-order valence-electron chi connectivity index (χ4n) is 2.33. The Bertz CT molecular complexity index is 622. The summed E-state index contributed by atoms with van der Waals surface area (Å²) >= 11 is 0. The first-order chi connectivity index (χ1) is 8.29. The van der Waals surface area contributed by atoms with E-state index in [-0.39, 0.29) is 5.43 Å². The van der Waals surface area contributed by atoms with E-state index >= 15 is 0 Å². The highest BCUT2D eigenvalue weighted by Gasteiger charge is 2.20. The molecule has 0 aromatic rings. The van der Waals surface area contributed by atoms with Crippen molar-refractivity contribution < 1.29 is 9.52 Å². The van der Waals surface area contributed by atoms with Crippen molar-refractivity contribution in [2.75, 3.05) is 0 Å². The number of aliphatic hydroxyl groups excluding tert-OH is 1. The third kappa shape index (κ3) is 1.55. The first kappa shape index (κ1) is 10.1. The van der Waals surface area contributed by atoms with Crippen molar-refractivity contribution >= 4 is 5.57 Å². The number of allylic oxidation sites excluding steroid dienone is 1. The van der Waals surface area contributed by atoms with Crippen molar-refractivity contribution in [1.82, 2.24) is 0 Å². The number of aryl methyl sites for hydroxylation is 1. The molecule has 0 spiro atoms. The van der Waals surface area contributed by atoms with Crippen LogP contribution < -0.4 is 5.43 Å². The molecule has 0 saturated carbocycles. The molecular formula is C14H12O3. The highest BCUT2D eigenvalue weighted by Crippen LogP contribution is 2.34. The first-order valence-electron chi connectivity index (χ1n) is 5.69. The summed E-state index contributed by atoms with van der Waals surface area (Å²) in [6, 6.07) is 6.89. The molecule has 0 saturated heterocycles. The van der Waals surface area contributed by atoms with E-state index in [1.54, 1.807) is 12.1 Å². The van der Waals surface area contributed by atoms with Crippen molar-refractivity contribution in [2.24, 2.45) is 0 Å². The maximum atomic E-state index is 11.7. The Kier molecular flexibility index (Phi) is 2.25. The molecule has 2 aliphatic carbocycles. The van der Waals surface area contributed by atoms with Gasteiger partial charge in [0.2, 0.25) is 0 Å². The minimum Gasteiger partial charge on any atom is -0.515 e. The van der Waals surface area contributed by atoms with Crippen molar-refractivity contribution in [1.29, 1.82) is 0 Å². The van der Waals surface area contributed by atoms with Crippen molar-refractivity contribution in [2.45, 2.75) is 19.3 Å². The molecule has 0 bridgehead atoms. The van der Waals surface area contributed by atoms with E-state index in [2.05, 4.69) is 0 Å². The van der Waals surface area contributed by atoms with Crippen LogP contribution in [0.15, 0.2) is 39.7 Å². The van der Waals surface area contributed by atoms with Crippen LogP contribution in [0.4, 0.5) is 0 Å². The Labute approximate surface area is 98.4 Å². The van der Waals surface area contributed by atoms with Crippen LogP contribution in [0.3, 0.4) is 0 Å². The van der Waals surface area contributed by atoms with Crippen LogP contribution in [0.25, 0.3) is 16.9 Å². The molecule has 0 unspecified atom stereocenters. The molecule has 3 nitrogen and oxygen atoms in total. The van der Waals surface area contributed by atoms with E-state index in [0.717, 1.165) is 42.4 Å². The molecule has 86 valence electrons. The van der Waals surface area contributed by atoms with Crippen LogP contribution in [-0.4, -0.2) is 5.11 Å². The number of aliphatic hydroxyl groups is 1. The fraction of sp³-hybridized carbons (Fsp3) is 0.214. The van der Waals surface area contributed by atoms with Gasteiger partial charge in [-0.3, -0.25) is 4.79 Å². The van der Waals surface area contributed by atoms with Crippen molar-refractivity contribution in [3.05, 3.63) is 52.1 Å². The van der Waals surface area contributed by atoms with Crippen LogP contribution in [-0.2, 0) is 6.42 Å². The Hall–Kier alpha value is -2.03. The third-order valence-corrected chi connectivity index (χ3v) is 3.19. The van der Waals surface area contributed by atoms with Gasteiger partial charge in [0.05, 0.1) is 11.8 Å². The zero-order valence-corrected chi connectivity index (χ0v) is 9.27. The monoisotopic (exact) mass is 228 g/mol. The van der Waals surface area contributed by atoms with Gasteiger partial charge in [0, 0.05) is 5.57 Å². The van der Waals surface area contributed by atoms with Gasteiger partial charge >= 0.3 is 0 Å². The molecule has 17 heavy (non-hydrogen) atoms. The summed E-state index contributed by atoms with van der Waals surface area (Å²) in [6.07, 6.45) is 3.78. The number of hydrogen-bond acceptors (Lipinski definition) is 3. The predicted molar refractivity (Wildman–Crippen MR) is 65.1 cm³/mol. The SMILES string of the molecule is O=c1cccc2oc3c(cc1-2)CCCC3=CO. The Balaban J connectivity index is 2.33. The molecule has 1 aliphatic heterocycles. The Morgan fingerprint density at radius 2 is 2.18 bits per heavy atom. The molecule has 0 atom stereocenters. The molecule has 3 aliphatic rings. The second kappa shape index (κ2) is 3.77. The van der Waals surface area contributed by atoms with Crippen LogP contribution in [0, 0.1) is 0 Å². The van der Waals surface area contributed by atoms with Crippen LogP contribution in [0.1, 0.15) is 24.2 Å². The minimum atomic E-state index is -0.0193. The lowest BCUT2D eigenvalue weighted by atomic mass is 9.91. The molecule has 3 rings (SSSR count). The van der Waals surface area contributed by atoms with Crippen molar-refractivity contribution in [3.8, 4) is 11.3 Å². The first-order valence-corrected chi connectivity index (χ1v) is 5.69. The van der Waals surface area contributed by atoms with Gasteiger partial charge in [-0.05, 0) is 43.0 Å². The molecular weight excluding hydrogens is 216 g/mol. The third-order valence-electron chi connectivity index (χ3n) is 3.19. The molecule has 1 N–H and O–H groups in total. The van der Waals surface area contributed by atoms with Gasteiger partial charge in [0.15, 0.2) is 5.43 Å². The summed E-state index contributed by atoms with van der Waals surface area (Å²) in [5, 5.41) is 9.18. The van der Waals surface area contributed by atoms with Gasteiger partial charge in [-0.15, -0.1) is 0 Å².